The Morgan fingerprint density at radius 1 is 0.833 bits per heavy atom. The van der Waals surface area contributed by atoms with E-state index < -0.39 is 0 Å². The van der Waals surface area contributed by atoms with E-state index in [0.717, 1.165) is 27.7 Å². The number of carbonyl (C=O) groups excluding carboxylic acids is 2. The number of amides is 2. The highest BCUT2D eigenvalue weighted by molar-refractivity contribution is 6.02. The number of rotatable bonds is 4. The Bertz CT molecular complexity index is 880. The fourth-order valence-corrected chi connectivity index (χ4v) is 2.62. The van der Waals surface area contributed by atoms with Gasteiger partial charge in [-0.05, 0) is 29.1 Å². The Morgan fingerprint density at radius 2 is 1.54 bits per heavy atom. The van der Waals surface area contributed by atoms with Crippen molar-refractivity contribution < 1.29 is 9.59 Å². The summed E-state index contributed by atoms with van der Waals surface area (Å²) in [5.74, 6) is -0.185. The van der Waals surface area contributed by atoms with Crippen molar-refractivity contribution in [2.45, 2.75) is 13.3 Å². The molecule has 4 nitrogen and oxygen atoms in total. The fraction of sp³-hybridized carbons (Fsp3) is 0.100. The maximum atomic E-state index is 12.3. The molecule has 0 radical (unpaired) electrons. The van der Waals surface area contributed by atoms with Crippen molar-refractivity contribution in [1.29, 1.82) is 0 Å². The smallest absolute Gasteiger partial charge is 0.228 e. The van der Waals surface area contributed by atoms with Gasteiger partial charge in [-0.1, -0.05) is 48.5 Å². The van der Waals surface area contributed by atoms with Gasteiger partial charge < -0.3 is 10.6 Å². The zero-order chi connectivity index (χ0) is 16.9. The van der Waals surface area contributed by atoms with E-state index in [9.17, 15) is 9.59 Å². The van der Waals surface area contributed by atoms with Crippen molar-refractivity contribution in [3.05, 3.63) is 72.3 Å². The summed E-state index contributed by atoms with van der Waals surface area (Å²) in [7, 11) is 0. The van der Waals surface area contributed by atoms with E-state index in [2.05, 4.69) is 10.6 Å². The molecular weight excluding hydrogens is 300 g/mol. The lowest BCUT2D eigenvalue weighted by molar-refractivity contribution is -0.116. The molecule has 0 saturated heterocycles. The summed E-state index contributed by atoms with van der Waals surface area (Å²) < 4.78 is 0. The van der Waals surface area contributed by atoms with Gasteiger partial charge in [0.15, 0.2) is 0 Å². The number of hydrogen-bond acceptors (Lipinski definition) is 2. The Balaban J connectivity index is 1.70. The van der Waals surface area contributed by atoms with E-state index >= 15 is 0 Å². The maximum absolute atomic E-state index is 12.3. The minimum atomic E-state index is -0.114. The first-order valence-electron chi connectivity index (χ1n) is 7.76. The van der Waals surface area contributed by atoms with Gasteiger partial charge in [0, 0.05) is 23.7 Å². The SMILES string of the molecule is CC(=O)Nc1ccc(CC(=O)Nc2cccc3ccccc23)cc1. The summed E-state index contributed by atoms with van der Waals surface area (Å²) >= 11 is 0. The highest BCUT2D eigenvalue weighted by atomic mass is 16.2. The summed E-state index contributed by atoms with van der Waals surface area (Å²) in [5.41, 5.74) is 2.43. The number of anilines is 2. The molecule has 0 aromatic heterocycles. The number of nitrogens with one attached hydrogen (secondary N) is 2. The predicted molar refractivity (Wildman–Crippen MR) is 97.0 cm³/mol. The molecule has 0 aliphatic rings. The van der Waals surface area contributed by atoms with Gasteiger partial charge in [0.05, 0.1) is 6.42 Å². The third-order valence-electron chi connectivity index (χ3n) is 3.70. The van der Waals surface area contributed by atoms with Crippen molar-refractivity contribution in [2.24, 2.45) is 0 Å². The topological polar surface area (TPSA) is 58.2 Å². The molecule has 0 bridgehead atoms. The minimum absolute atomic E-state index is 0.0707. The second kappa shape index (κ2) is 6.96. The summed E-state index contributed by atoms with van der Waals surface area (Å²) in [5, 5.41) is 7.79. The molecule has 2 amide bonds. The van der Waals surface area contributed by atoms with Crippen LogP contribution >= 0.6 is 0 Å². The highest BCUT2D eigenvalue weighted by Gasteiger charge is 2.07. The van der Waals surface area contributed by atoms with Gasteiger partial charge in [-0.3, -0.25) is 9.59 Å². The van der Waals surface area contributed by atoms with Gasteiger partial charge >= 0.3 is 0 Å². The van der Waals surface area contributed by atoms with Crippen LogP contribution in [-0.2, 0) is 16.0 Å². The Hall–Kier alpha value is -3.14. The average molecular weight is 318 g/mol. The molecule has 0 unspecified atom stereocenters. The monoisotopic (exact) mass is 318 g/mol. The van der Waals surface area contributed by atoms with Crippen LogP contribution in [-0.4, -0.2) is 11.8 Å². The first-order chi connectivity index (χ1) is 11.6. The van der Waals surface area contributed by atoms with Gasteiger partial charge in [-0.25, -0.2) is 0 Å². The van der Waals surface area contributed by atoms with Crippen LogP contribution < -0.4 is 10.6 Å². The Kier molecular flexibility index (Phi) is 4.57. The zero-order valence-corrected chi connectivity index (χ0v) is 13.4. The van der Waals surface area contributed by atoms with Crippen LogP contribution in [0.1, 0.15) is 12.5 Å². The molecule has 4 heteroatoms. The van der Waals surface area contributed by atoms with Crippen LogP contribution in [0.25, 0.3) is 10.8 Å². The summed E-state index contributed by atoms with van der Waals surface area (Å²) in [6, 6.07) is 21.1. The van der Waals surface area contributed by atoms with E-state index in [1.165, 1.54) is 6.92 Å². The summed E-state index contributed by atoms with van der Waals surface area (Å²) in [6.07, 6.45) is 0.281. The molecule has 24 heavy (non-hydrogen) atoms. The lowest BCUT2D eigenvalue weighted by Gasteiger charge is -2.09. The van der Waals surface area contributed by atoms with Crippen molar-refractivity contribution in [1.82, 2.24) is 0 Å². The number of carbonyl (C=O) groups is 2. The van der Waals surface area contributed by atoms with Gasteiger partial charge in [0.25, 0.3) is 0 Å². The highest BCUT2D eigenvalue weighted by Crippen LogP contribution is 2.23. The molecule has 3 rings (SSSR count). The van der Waals surface area contributed by atoms with Gasteiger partial charge in [0.1, 0.15) is 0 Å². The molecular formula is C20H18N2O2. The second-order valence-corrected chi connectivity index (χ2v) is 5.63. The largest absolute Gasteiger partial charge is 0.326 e. The fourth-order valence-electron chi connectivity index (χ4n) is 2.62. The standard InChI is InChI=1S/C20H18N2O2/c1-14(23)21-17-11-9-15(10-12-17)13-20(24)22-19-8-4-6-16-5-2-3-7-18(16)19/h2-12H,13H2,1H3,(H,21,23)(H,22,24). The van der Waals surface area contributed by atoms with E-state index in [-0.39, 0.29) is 18.2 Å². The zero-order valence-electron chi connectivity index (χ0n) is 13.4. The molecule has 0 aliphatic heterocycles. The van der Waals surface area contributed by atoms with Gasteiger partial charge in [-0.2, -0.15) is 0 Å². The third-order valence-corrected chi connectivity index (χ3v) is 3.70. The van der Waals surface area contributed by atoms with Crippen molar-refractivity contribution in [2.75, 3.05) is 10.6 Å². The molecule has 2 N–H and O–H groups in total. The minimum Gasteiger partial charge on any atom is -0.326 e. The lowest BCUT2D eigenvalue weighted by Crippen LogP contribution is -2.14. The van der Waals surface area contributed by atoms with E-state index in [1.54, 1.807) is 12.1 Å². The summed E-state index contributed by atoms with van der Waals surface area (Å²) in [4.78, 5) is 23.3. The predicted octanol–water partition coefficient (Wildman–Crippen LogP) is 3.98. The van der Waals surface area contributed by atoms with Crippen LogP contribution in [0.4, 0.5) is 11.4 Å². The quantitative estimate of drug-likeness (QED) is 0.764. The molecule has 0 fully saturated rings. The average Bonchev–Trinajstić information content (AvgIpc) is 2.56. The first kappa shape index (κ1) is 15.7. The van der Waals surface area contributed by atoms with E-state index in [1.807, 2.05) is 54.6 Å². The van der Waals surface area contributed by atoms with E-state index in [4.69, 9.17) is 0 Å². The lowest BCUT2D eigenvalue weighted by atomic mass is 10.1. The molecule has 0 heterocycles. The van der Waals surface area contributed by atoms with Crippen LogP contribution in [0, 0.1) is 0 Å². The van der Waals surface area contributed by atoms with Crippen molar-refractivity contribution in [3.63, 3.8) is 0 Å². The number of benzene rings is 3. The maximum Gasteiger partial charge on any atom is 0.228 e. The first-order valence-corrected chi connectivity index (χ1v) is 7.76. The molecule has 3 aromatic rings. The van der Waals surface area contributed by atoms with Gasteiger partial charge in [0.2, 0.25) is 11.8 Å². The summed E-state index contributed by atoms with van der Waals surface area (Å²) in [6.45, 7) is 1.46. The van der Waals surface area contributed by atoms with Crippen LogP contribution in [0.15, 0.2) is 66.7 Å². The third kappa shape index (κ3) is 3.79. The number of hydrogen-bond donors (Lipinski definition) is 2. The number of fused-ring (bicyclic) bond motifs is 1. The molecule has 0 atom stereocenters. The second-order valence-electron chi connectivity index (χ2n) is 5.63. The van der Waals surface area contributed by atoms with Crippen molar-refractivity contribution in [3.8, 4) is 0 Å². The Labute approximate surface area is 140 Å². The van der Waals surface area contributed by atoms with Crippen molar-refractivity contribution >= 4 is 34.0 Å². The van der Waals surface area contributed by atoms with Crippen LogP contribution in [0.3, 0.4) is 0 Å². The van der Waals surface area contributed by atoms with E-state index in [0.29, 0.717) is 0 Å². The molecule has 0 spiro atoms. The van der Waals surface area contributed by atoms with Gasteiger partial charge in [-0.15, -0.1) is 0 Å². The van der Waals surface area contributed by atoms with Crippen LogP contribution in [0.5, 0.6) is 0 Å². The molecule has 0 aliphatic carbocycles. The van der Waals surface area contributed by atoms with Crippen LogP contribution in [0.2, 0.25) is 0 Å². The molecule has 3 aromatic carbocycles. The Morgan fingerprint density at radius 3 is 2.29 bits per heavy atom. The normalized spacial score (nSPS) is 10.4. The molecule has 120 valence electrons. The molecule has 0 saturated carbocycles.